The van der Waals surface area contributed by atoms with E-state index in [1.54, 1.807) is 0 Å². The van der Waals surface area contributed by atoms with Crippen LogP contribution in [0.1, 0.15) is 5.56 Å². The number of hydrogen-bond acceptors (Lipinski definition) is 2. The van der Waals surface area contributed by atoms with Crippen molar-refractivity contribution in [1.29, 1.82) is 0 Å². The van der Waals surface area contributed by atoms with Crippen LogP contribution in [0.2, 0.25) is 0 Å². The van der Waals surface area contributed by atoms with Crippen molar-refractivity contribution in [3.63, 3.8) is 0 Å². The fourth-order valence-electron chi connectivity index (χ4n) is 1.94. The summed E-state index contributed by atoms with van der Waals surface area (Å²) in [5, 5.41) is 0. The van der Waals surface area contributed by atoms with Crippen molar-refractivity contribution in [3.05, 3.63) is 42.1 Å². The van der Waals surface area contributed by atoms with Gasteiger partial charge in [0, 0.05) is 31.0 Å². The molecule has 2 rings (SSSR count). The third-order valence-electron chi connectivity index (χ3n) is 2.89. The first-order valence-electron chi connectivity index (χ1n) is 5.37. The molecule has 0 aliphatic carbocycles. The Morgan fingerprint density at radius 1 is 1.13 bits per heavy atom. The molecule has 1 aliphatic rings. The van der Waals surface area contributed by atoms with Gasteiger partial charge in [-0.05, 0) is 26.1 Å². The van der Waals surface area contributed by atoms with Gasteiger partial charge >= 0.3 is 0 Å². The van der Waals surface area contributed by atoms with Gasteiger partial charge in [0.2, 0.25) is 0 Å². The molecular weight excluding hydrogens is 184 g/mol. The third kappa shape index (κ3) is 2.21. The Morgan fingerprint density at radius 3 is 2.40 bits per heavy atom. The predicted octanol–water partition coefficient (Wildman–Crippen LogP) is 2.26. The third-order valence-corrected chi connectivity index (χ3v) is 2.89. The standard InChI is InChI=1S/C13H18N2/c1-11-4-6-13(7-5-11)15-9-8-14(3)10-12(15)2/h4-7H,2,8-10H2,1,3H3. The molecule has 0 atom stereocenters. The Balaban J connectivity index is 2.17. The van der Waals surface area contributed by atoms with Gasteiger partial charge in [-0.2, -0.15) is 0 Å². The monoisotopic (exact) mass is 202 g/mol. The van der Waals surface area contributed by atoms with Gasteiger partial charge in [0.1, 0.15) is 0 Å². The zero-order chi connectivity index (χ0) is 10.8. The van der Waals surface area contributed by atoms with Crippen LogP contribution in [0.4, 0.5) is 5.69 Å². The second-order valence-corrected chi connectivity index (χ2v) is 4.29. The van der Waals surface area contributed by atoms with Gasteiger partial charge in [0.05, 0.1) is 0 Å². The molecule has 0 N–H and O–H groups in total. The van der Waals surface area contributed by atoms with Crippen LogP contribution in [-0.2, 0) is 0 Å². The highest BCUT2D eigenvalue weighted by molar-refractivity contribution is 5.53. The van der Waals surface area contributed by atoms with Gasteiger partial charge in [-0.1, -0.05) is 24.3 Å². The van der Waals surface area contributed by atoms with E-state index in [1.165, 1.54) is 16.9 Å². The molecule has 0 spiro atoms. The minimum Gasteiger partial charge on any atom is -0.343 e. The van der Waals surface area contributed by atoms with Crippen LogP contribution >= 0.6 is 0 Å². The summed E-state index contributed by atoms with van der Waals surface area (Å²) in [4.78, 5) is 4.60. The molecule has 0 bridgehead atoms. The average Bonchev–Trinajstić information content (AvgIpc) is 2.20. The lowest BCUT2D eigenvalue weighted by Crippen LogP contribution is -2.42. The van der Waals surface area contributed by atoms with Crippen molar-refractivity contribution in [2.75, 3.05) is 31.6 Å². The molecule has 0 unspecified atom stereocenters. The quantitative estimate of drug-likeness (QED) is 0.689. The number of piperazine rings is 1. The summed E-state index contributed by atoms with van der Waals surface area (Å²) in [6.45, 7) is 9.35. The molecule has 2 heteroatoms. The van der Waals surface area contributed by atoms with Crippen LogP contribution in [0.5, 0.6) is 0 Å². The summed E-state index contributed by atoms with van der Waals surface area (Å²) in [5.41, 5.74) is 3.75. The van der Waals surface area contributed by atoms with E-state index in [0.29, 0.717) is 0 Å². The first kappa shape index (κ1) is 10.2. The molecule has 1 aromatic carbocycles. The zero-order valence-corrected chi connectivity index (χ0v) is 9.53. The fraction of sp³-hybridized carbons (Fsp3) is 0.385. The number of likely N-dealkylation sites (N-methyl/N-ethyl adjacent to an activating group) is 1. The number of rotatable bonds is 1. The van der Waals surface area contributed by atoms with Gasteiger partial charge in [0.25, 0.3) is 0 Å². The molecule has 1 aromatic rings. The smallest absolute Gasteiger partial charge is 0.0409 e. The molecule has 0 saturated carbocycles. The number of hydrogen-bond donors (Lipinski definition) is 0. The average molecular weight is 202 g/mol. The SMILES string of the molecule is C=C1CN(C)CCN1c1ccc(C)cc1. The van der Waals surface area contributed by atoms with Crippen LogP contribution in [0.25, 0.3) is 0 Å². The second kappa shape index (κ2) is 4.07. The van der Waals surface area contributed by atoms with E-state index in [2.05, 4.69) is 54.6 Å². The first-order chi connectivity index (χ1) is 7.16. The maximum atomic E-state index is 4.13. The molecule has 15 heavy (non-hydrogen) atoms. The van der Waals surface area contributed by atoms with E-state index >= 15 is 0 Å². The molecule has 0 radical (unpaired) electrons. The molecule has 1 aliphatic heterocycles. The summed E-state index contributed by atoms with van der Waals surface area (Å²) in [6, 6.07) is 8.65. The normalized spacial score (nSPS) is 18.3. The van der Waals surface area contributed by atoms with Gasteiger partial charge in [-0.25, -0.2) is 0 Å². The highest BCUT2D eigenvalue weighted by Crippen LogP contribution is 2.21. The molecule has 0 aromatic heterocycles. The van der Waals surface area contributed by atoms with Crippen molar-refractivity contribution in [3.8, 4) is 0 Å². The van der Waals surface area contributed by atoms with Crippen LogP contribution in [0.3, 0.4) is 0 Å². The van der Waals surface area contributed by atoms with E-state index in [4.69, 9.17) is 0 Å². The molecule has 1 fully saturated rings. The maximum Gasteiger partial charge on any atom is 0.0409 e. The highest BCUT2D eigenvalue weighted by atomic mass is 15.3. The Morgan fingerprint density at radius 2 is 1.80 bits per heavy atom. The van der Waals surface area contributed by atoms with Crippen LogP contribution in [-0.4, -0.2) is 31.6 Å². The highest BCUT2D eigenvalue weighted by Gasteiger charge is 2.17. The molecule has 80 valence electrons. The Kier molecular flexibility index (Phi) is 2.78. The van der Waals surface area contributed by atoms with E-state index in [0.717, 1.165) is 19.6 Å². The minimum absolute atomic E-state index is 0.966. The lowest BCUT2D eigenvalue weighted by atomic mass is 10.2. The summed E-state index contributed by atoms with van der Waals surface area (Å²) in [7, 11) is 2.14. The summed E-state index contributed by atoms with van der Waals surface area (Å²) in [5.74, 6) is 0. The number of nitrogens with zero attached hydrogens (tertiary/aromatic N) is 2. The summed E-state index contributed by atoms with van der Waals surface area (Å²) >= 11 is 0. The van der Waals surface area contributed by atoms with Crippen LogP contribution in [0.15, 0.2) is 36.5 Å². The van der Waals surface area contributed by atoms with Crippen molar-refractivity contribution < 1.29 is 0 Å². The predicted molar refractivity (Wildman–Crippen MR) is 65.2 cm³/mol. The molecule has 1 saturated heterocycles. The van der Waals surface area contributed by atoms with Gasteiger partial charge < -0.3 is 4.90 Å². The van der Waals surface area contributed by atoms with E-state index in [9.17, 15) is 0 Å². The Labute approximate surface area is 91.8 Å². The lowest BCUT2D eigenvalue weighted by Gasteiger charge is -2.35. The van der Waals surface area contributed by atoms with Gasteiger partial charge in [-0.3, -0.25) is 4.90 Å². The maximum absolute atomic E-state index is 4.13. The first-order valence-corrected chi connectivity index (χ1v) is 5.37. The van der Waals surface area contributed by atoms with Crippen molar-refractivity contribution in [2.24, 2.45) is 0 Å². The molecule has 0 amide bonds. The van der Waals surface area contributed by atoms with Crippen LogP contribution < -0.4 is 4.90 Å². The van der Waals surface area contributed by atoms with Gasteiger partial charge in [0.15, 0.2) is 0 Å². The molecule has 1 heterocycles. The second-order valence-electron chi connectivity index (χ2n) is 4.29. The van der Waals surface area contributed by atoms with Crippen molar-refractivity contribution in [2.45, 2.75) is 6.92 Å². The van der Waals surface area contributed by atoms with E-state index in [-0.39, 0.29) is 0 Å². The number of anilines is 1. The zero-order valence-electron chi connectivity index (χ0n) is 9.53. The molecule has 2 nitrogen and oxygen atoms in total. The number of aryl methyl sites for hydroxylation is 1. The van der Waals surface area contributed by atoms with E-state index < -0.39 is 0 Å². The largest absolute Gasteiger partial charge is 0.343 e. The topological polar surface area (TPSA) is 6.48 Å². The van der Waals surface area contributed by atoms with Crippen LogP contribution in [0, 0.1) is 6.92 Å². The number of benzene rings is 1. The van der Waals surface area contributed by atoms with Crippen molar-refractivity contribution >= 4 is 5.69 Å². The summed E-state index contributed by atoms with van der Waals surface area (Å²) < 4.78 is 0. The van der Waals surface area contributed by atoms with E-state index in [1.807, 2.05) is 0 Å². The fourth-order valence-corrected chi connectivity index (χ4v) is 1.94. The van der Waals surface area contributed by atoms with Gasteiger partial charge in [-0.15, -0.1) is 0 Å². The molecular formula is C13H18N2. The summed E-state index contributed by atoms with van der Waals surface area (Å²) in [6.07, 6.45) is 0. The minimum atomic E-state index is 0.966. The Bertz CT molecular complexity index is 353. The van der Waals surface area contributed by atoms with Crippen molar-refractivity contribution in [1.82, 2.24) is 4.90 Å². The Hall–Kier alpha value is -1.28. The lowest BCUT2D eigenvalue weighted by molar-refractivity contribution is 0.341.